The standard InChI is InChI=1S/C24H36N2O/c1-18-11-12-19(2)22(16-18)23-17-26(3)15-13-20(23)10-7-14-25-24(27)21-8-5-4-6-9-21/h11-12,16,21H,4-10,13-15,17H2,1-3H3,(H,25,27). The molecule has 0 atom stereocenters. The summed E-state index contributed by atoms with van der Waals surface area (Å²) in [7, 11) is 2.21. The summed E-state index contributed by atoms with van der Waals surface area (Å²) in [5.41, 5.74) is 7.23. The van der Waals surface area contributed by atoms with Gasteiger partial charge >= 0.3 is 0 Å². The van der Waals surface area contributed by atoms with E-state index in [9.17, 15) is 4.79 Å². The lowest BCUT2D eigenvalue weighted by Crippen LogP contribution is -2.32. The summed E-state index contributed by atoms with van der Waals surface area (Å²) < 4.78 is 0. The van der Waals surface area contributed by atoms with Crippen molar-refractivity contribution < 1.29 is 4.79 Å². The molecule has 0 radical (unpaired) electrons. The van der Waals surface area contributed by atoms with E-state index in [0.717, 1.165) is 51.7 Å². The first-order valence-electron chi connectivity index (χ1n) is 10.8. The molecule has 1 aliphatic heterocycles. The molecule has 1 aromatic rings. The molecule has 0 unspecified atom stereocenters. The lowest BCUT2D eigenvalue weighted by molar-refractivity contribution is -0.125. The Kier molecular flexibility index (Phi) is 7.12. The average molecular weight is 369 g/mol. The highest BCUT2D eigenvalue weighted by Gasteiger charge is 2.21. The van der Waals surface area contributed by atoms with Crippen molar-refractivity contribution in [1.82, 2.24) is 10.2 Å². The maximum Gasteiger partial charge on any atom is 0.223 e. The van der Waals surface area contributed by atoms with E-state index in [1.165, 1.54) is 41.5 Å². The molecular formula is C24H36N2O. The van der Waals surface area contributed by atoms with E-state index >= 15 is 0 Å². The van der Waals surface area contributed by atoms with Crippen molar-refractivity contribution in [2.24, 2.45) is 5.92 Å². The first kappa shape index (κ1) is 20.1. The van der Waals surface area contributed by atoms with Gasteiger partial charge in [0.15, 0.2) is 0 Å². The smallest absolute Gasteiger partial charge is 0.223 e. The Balaban J connectivity index is 1.60. The summed E-state index contributed by atoms with van der Waals surface area (Å²) in [4.78, 5) is 14.8. The van der Waals surface area contributed by atoms with Gasteiger partial charge in [-0.05, 0) is 69.7 Å². The number of hydrogen-bond acceptors (Lipinski definition) is 2. The first-order valence-corrected chi connectivity index (χ1v) is 10.8. The van der Waals surface area contributed by atoms with E-state index in [1.54, 1.807) is 5.57 Å². The van der Waals surface area contributed by atoms with Crippen molar-refractivity contribution in [2.45, 2.75) is 65.2 Å². The Labute approximate surface area is 165 Å². The number of benzene rings is 1. The zero-order valence-electron chi connectivity index (χ0n) is 17.4. The second-order valence-corrected chi connectivity index (χ2v) is 8.62. The summed E-state index contributed by atoms with van der Waals surface area (Å²) in [5, 5.41) is 3.20. The monoisotopic (exact) mass is 368 g/mol. The van der Waals surface area contributed by atoms with Gasteiger partial charge in [-0.2, -0.15) is 0 Å². The minimum absolute atomic E-state index is 0.270. The number of carbonyl (C=O) groups excluding carboxylic acids is 1. The average Bonchev–Trinajstić information content (AvgIpc) is 2.68. The molecule has 1 aromatic carbocycles. The summed E-state index contributed by atoms with van der Waals surface area (Å²) in [6.07, 6.45) is 9.20. The molecule has 0 aromatic heterocycles. The van der Waals surface area contributed by atoms with E-state index in [4.69, 9.17) is 0 Å². The third-order valence-electron chi connectivity index (χ3n) is 6.30. The highest BCUT2D eigenvalue weighted by Crippen LogP contribution is 2.31. The number of likely N-dealkylation sites (N-methyl/N-ethyl adjacent to an activating group) is 1. The van der Waals surface area contributed by atoms with E-state index < -0.39 is 0 Å². The molecule has 148 valence electrons. The van der Waals surface area contributed by atoms with Gasteiger partial charge in [0.25, 0.3) is 0 Å². The minimum atomic E-state index is 0.270. The van der Waals surface area contributed by atoms with Gasteiger partial charge in [0.2, 0.25) is 5.91 Å². The first-order chi connectivity index (χ1) is 13.0. The Morgan fingerprint density at radius 3 is 2.74 bits per heavy atom. The van der Waals surface area contributed by atoms with Gasteiger partial charge in [-0.15, -0.1) is 0 Å². The molecule has 2 aliphatic rings. The number of nitrogens with zero attached hydrogens (tertiary/aromatic N) is 1. The molecule has 0 bridgehead atoms. The molecule has 0 spiro atoms. The fourth-order valence-electron chi connectivity index (χ4n) is 4.57. The van der Waals surface area contributed by atoms with Gasteiger partial charge in [-0.25, -0.2) is 0 Å². The highest BCUT2D eigenvalue weighted by atomic mass is 16.1. The third-order valence-corrected chi connectivity index (χ3v) is 6.30. The number of amides is 1. The molecule has 1 heterocycles. The number of aryl methyl sites for hydroxylation is 2. The van der Waals surface area contributed by atoms with Crippen LogP contribution in [-0.2, 0) is 4.79 Å². The maximum atomic E-state index is 12.3. The van der Waals surface area contributed by atoms with Crippen LogP contribution >= 0.6 is 0 Å². The lowest BCUT2D eigenvalue weighted by atomic mass is 9.88. The fraction of sp³-hybridized carbons (Fsp3) is 0.625. The molecule has 1 amide bonds. The van der Waals surface area contributed by atoms with Crippen molar-refractivity contribution in [1.29, 1.82) is 0 Å². The number of hydrogen-bond donors (Lipinski definition) is 1. The van der Waals surface area contributed by atoms with Crippen LogP contribution in [0.15, 0.2) is 23.8 Å². The van der Waals surface area contributed by atoms with Gasteiger partial charge in [-0.3, -0.25) is 4.79 Å². The second kappa shape index (κ2) is 9.54. The highest BCUT2D eigenvalue weighted by molar-refractivity contribution is 5.78. The van der Waals surface area contributed by atoms with Crippen molar-refractivity contribution in [3.05, 3.63) is 40.5 Å². The number of rotatable bonds is 6. The van der Waals surface area contributed by atoms with Crippen LogP contribution in [0.5, 0.6) is 0 Å². The molecule has 3 rings (SSSR count). The maximum absolute atomic E-state index is 12.3. The summed E-state index contributed by atoms with van der Waals surface area (Å²) in [6.45, 7) is 7.38. The van der Waals surface area contributed by atoms with Crippen LogP contribution in [0.3, 0.4) is 0 Å². The number of nitrogens with one attached hydrogen (secondary N) is 1. The summed E-state index contributed by atoms with van der Waals surface area (Å²) in [6, 6.07) is 6.79. The van der Waals surface area contributed by atoms with Crippen LogP contribution in [0, 0.1) is 19.8 Å². The van der Waals surface area contributed by atoms with Crippen molar-refractivity contribution in [3.8, 4) is 0 Å². The molecule has 1 N–H and O–H groups in total. The Morgan fingerprint density at radius 1 is 1.19 bits per heavy atom. The van der Waals surface area contributed by atoms with Crippen molar-refractivity contribution >= 4 is 11.5 Å². The van der Waals surface area contributed by atoms with E-state index in [0.29, 0.717) is 5.91 Å². The largest absolute Gasteiger partial charge is 0.356 e. The third kappa shape index (κ3) is 5.44. The molecule has 27 heavy (non-hydrogen) atoms. The minimum Gasteiger partial charge on any atom is -0.356 e. The van der Waals surface area contributed by atoms with Gasteiger partial charge in [0, 0.05) is 25.6 Å². The lowest BCUT2D eigenvalue weighted by Gasteiger charge is -2.29. The SMILES string of the molecule is Cc1ccc(C)c(C2=C(CCCNC(=O)C3CCCCC3)CCN(C)C2)c1. The topological polar surface area (TPSA) is 32.3 Å². The molecule has 0 saturated heterocycles. The van der Waals surface area contributed by atoms with E-state index in [-0.39, 0.29) is 5.92 Å². The van der Waals surface area contributed by atoms with E-state index in [2.05, 4.69) is 49.3 Å². The van der Waals surface area contributed by atoms with Gasteiger partial charge in [0.1, 0.15) is 0 Å². The number of carbonyl (C=O) groups is 1. The zero-order chi connectivity index (χ0) is 19.2. The summed E-state index contributed by atoms with van der Waals surface area (Å²) >= 11 is 0. The molecular weight excluding hydrogens is 332 g/mol. The Bertz CT molecular complexity index is 686. The predicted octanol–water partition coefficient (Wildman–Crippen LogP) is 4.87. The van der Waals surface area contributed by atoms with Gasteiger partial charge in [0.05, 0.1) is 0 Å². The molecule has 1 saturated carbocycles. The van der Waals surface area contributed by atoms with Crippen molar-refractivity contribution in [3.63, 3.8) is 0 Å². The van der Waals surface area contributed by atoms with E-state index in [1.807, 2.05) is 0 Å². The summed E-state index contributed by atoms with van der Waals surface area (Å²) in [5.74, 6) is 0.564. The van der Waals surface area contributed by atoms with Crippen LogP contribution in [0.2, 0.25) is 0 Å². The van der Waals surface area contributed by atoms with Crippen LogP contribution in [0.25, 0.3) is 5.57 Å². The molecule has 1 fully saturated rings. The van der Waals surface area contributed by atoms with Gasteiger partial charge < -0.3 is 10.2 Å². The van der Waals surface area contributed by atoms with Crippen LogP contribution in [0.1, 0.15) is 68.1 Å². The predicted molar refractivity (Wildman–Crippen MR) is 114 cm³/mol. The quantitative estimate of drug-likeness (QED) is 0.727. The van der Waals surface area contributed by atoms with Crippen LogP contribution < -0.4 is 5.32 Å². The molecule has 3 heteroatoms. The fourth-order valence-corrected chi connectivity index (χ4v) is 4.57. The second-order valence-electron chi connectivity index (χ2n) is 8.62. The van der Waals surface area contributed by atoms with Crippen LogP contribution in [-0.4, -0.2) is 37.5 Å². The normalized spacial score (nSPS) is 19.4. The zero-order valence-corrected chi connectivity index (χ0v) is 17.4. The van der Waals surface area contributed by atoms with Crippen molar-refractivity contribution in [2.75, 3.05) is 26.7 Å². The Morgan fingerprint density at radius 2 is 1.96 bits per heavy atom. The Hall–Kier alpha value is -1.61. The van der Waals surface area contributed by atoms with Gasteiger partial charge in [-0.1, -0.05) is 48.6 Å². The molecule has 1 aliphatic carbocycles. The molecule has 3 nitrogen and oxygen atoms in total. The van der Waals surface area contributed by atoms with Crippen LogP contribution in [0.4, 0.5) is 0 Å².